The number of carbonyl (C=O) groups is 1. The minimum atomic E-state index is -2.57. The minimum Gasteiger partial charge on any atom is -0.330 e. The van der Waals surface area contributed by atoms with Crippen LogP contribution < -0.4 is 10.7 Å². The summed E-state index contributed by atoms with van der Waals surface area (Å²) >= 11 is 3.31. The SMILES string of the molecule is CN=NN(C(=O)CCN)c1cccc(SC(F)F)c1CSc1nccs1. The van der Waals surface area contributed by atoms with Gasteiger partial charge in [-0.3, -0.25) is 4.79 Å². The average molecular weight is 418 g/mol. The van der Waals surface area contributed by atoms with Crippen molar-refractivity contribution in [3.63, 3.8) is 0 Å². The molecule has 0 saturated carbocycles. The third-order valence-corrected chi connectivity index (χ3v) is 5.88. The van der Waals surface area contributed by atoms with Gasteiger partial charge in [0.05, 0.1) is 12.7 Å². The number of anilines is 1. The van der Waals surface area contributed by atoms with E-state index in [1.54, 1.807) is 24.4 Å². The fourth-order valence-electron chi connectivity index (χ4n) is 2.07. The lowest BCUT2D eigenvalue weighted by Gasteiger charge is -2.21. The van der Waals surface area contributed by atoms with Gasteiger partial charge in [-0.1, -0.05) is 34.8 Å². The van der Waals surface area contributed by atoms with Crippen LogP contribution in [0.5, 0.6) is 0 Å². The van der Waals surface area contributed by atoms with Gasteiger partial charge in [0.1, 0.15) is 4.34 Å². The molecule has 6 nitrogen and oxygen atoms in total. The maximum absolute atomic E-state index is 13.0. The van der Waals surface area contributed by atoms with Crippen LogP contribution >= 0.6 is 34.9 Å². The molecule has 0 fully saturated rings. The summed E-state index contributed by atoms with van der Waals surface area (Å²) in [5, 5.41) is 10.5. The molecule has 0 aliphatic heterocycles. The van der Waals surface area contributed by atoms with Crippen molar-refractivity contribution in [2.45, 2.75) is 27.2 Å². The second-order valence-corrected chi connectivity index (χ2v) is 7.90. The highest BCUT2D eigenvalue weighted by atomic mass is 32.2. The maximum Gasteiger partial charge on any atom is 0.288 e. The van der Waals surface area contributed by atoms with E-state index in [2.05, 4.69) is 15.3 Å². The maximum atomic E-state index is 13.0. The van der Waals surface area contributed by atoms with Crippen LogP contribution in [0, 0.1) is 0 Å². The van der Waals surface area contributed by atoms with Crippen molar-refractivity contribution in [1.29, 1.82) is 0 Å². The van der Waals surface area contributed by atoms with Gasteiger partial charge in [0.15, 0.2) is 0 Å². The van der Waals surface area contributed by atoms with Gasteiger partial charge in [-0.2, -0.15) is 18.9 Å². The summed E-state index contributed by atoms with van der Waals surface area (Å²) in [6, 6.07) is 4.88. The molecule has 140 valence electrons. The third-order valence-electron chi connectivity index (χ3n) is 3.08. The van der Waals surface area contributed by atoms with E-state index in [0.717, 1.165) is 9.35 Å². The van der Waals surface area contributed by atoms with Crippen molar-refractivity contribution in [2.24, 2.45) is 16.1 Å². The predicted molar refractivity (Wildman–Crippen MR) is 102 cm³/mol. The van der Waals surface area contributed by atoms with Crippen LogP contribution in [0.1, 0.15) is 12.0 Å². The monoisotopic (exact) mass is 417 g/mol. The molecular weight excluding hydrogens is 400 g/mol. The van der Waals surface area contributed by atoms with E-state index >= 15 is 0 Å². The number of hydrogen-bond donors (Lipinski definition) is 1. The molecule has 0 saturated heterocycles. The second kappa shape index (κ2) is 10.6. The second-order valence-electron chi connectivity index (χ2n) is 4.75. The molecule has 0 aliphatic carbocycles. The van der Waals surface area contributed by atoms with Crippen LogP contribution in [0.4, 0.5) is 14.5 Å². The Morgan fingerprint density at radius 2 is 2.27 bits per heavy atom. The van der Waals surface area contributed by atoms with Crippen molar-refractivity contribution < 1.29 is 13.6 Å². The number of halogens is 2. The summed E-state index contributed by atoms with van der Waals surface area (Å²) in [6.07, 6.45) is 1.75. The topological polar surface area (TPSA) is 83.9 Å². The summed E-state index contributed by atoms with van der Waals surface area (Å²) in [4.78, 5) is 16.9. The van der Waals surface area contributed by atoms with Gasteiger partial charge in [0.2, 0.25) is 5.91 Å². The van der Waals surface area contributed by atoms with Crippen molar-refractivity contribution in [1.82, 2.24) is 4.98 Å². The molecule has 2 rings (SSSR count). The molecule has 26 heavy (non-hydrogen) atoms. The molecule has 1 aromatic carbocycles. The highest BCUT2D eigenvalue weighted by Gasteiger charge is 2.22. The van der Waals surface area contributed by atoms with Gasteiger partial charge in [0, 0.05) is 40.8 Å². The zero-order valence-corrected chi connectivity index (χ0v) is 16.3. The van der Waals surface area contributed by atoms with Crippen LogP contribution in [-0.4, -0.2) is 30.2 Å². The van der Waals surface area contributed by atoms with E-state index in [-0.39, 0.29) is 18.9 Å². The van der Waals surface area contributed by atoms with Crippen molar-refractivity contribution in [2.75, 3.05) is 18.6 Å². The summed E-state index contributed by atoms with van der Waals surface area (Å²) in [5.41, 5.74) is 6.46. The van der Waals surface area contributed by atoms with Gasteiger partial charge in [-0.05, 0) is 12.1 Å². The lowest BCUT2D eigenvalue weighted by molar-refractivity contribution is -0.118. The molecule has 0 aliphatic rings. The Hall–Kier alpha value is -1.56. The summed E-state index contributed by atoms with van der Waals surface area (Å²) in [6.45, 7) is 0.156. The number of aromatic nitrogens is 1. The Bertz CT molecular complexity index is 743. The normalized spacial score (nSPS) is 11.4. The molecule has 0 radical (unpaired) electrons. The Morgan fingerprint density at radius 1 is 1.46 bits per heavy atom. The minimum absolute atomic E-state index is 0.0737. The smallest absolute Gasteiger partial charge is 0.288 e. The first-order chi connectivity index (χ1) is 12.6. The molecular formula is C15H17F2N5OS3. The fraction of sp³-hybridized carbons (Fsp3) is 0.333. The summed E-state index contributed by atoms with van der Waals surface area (Å²) < 4.78 is 26.8. The van der Waals surface area contributed by atoms with Crippen LogP contribution in [-0.2, 0) is 10.5 Å². The number of rotatable bonds is 9. The Balaban J connectivity index is 2.42. The number of carbonyl (C=O) groups excluding carboxylic acids is 1. The first-order valence-corrected chi connectivity index (χ1v) is 10.2. The molecule has 2 N–H and O–H groups in total. The van der Waals surface area contributed by atoms with E-state index in [1.807, 2.05) is 5.38 Å². The largest absolute Gasteiger partial charge is 0.330 e. The lowest BCUT2D eigenvalue weighted by Crippen LogP contribution is -2.28. The fourth-order valence-corrected chi connectivity index (χ4v) is 4.51. The molecule has 0 bridgehead atoms. The number of alkyl halides is 2. The van der Waals surface area contributed by atoms with Crippen molar-refractivity contribution in [3.05, 3.63) is 35.3 Å². The van der Waals surface area contributed by atoms with Crippen molar-refractivity contribution in [3.8, 4) is 0 Å². The molecule has 2 aromatic rings. The highest BCUT2D eigenvalue weighted by molar-refractivity contribution is 8.00. The summed E-state index contributed by atoms with van der Waals surface area (Å²) in [7, 11) is 1.43. The molecule has 0 spiro atoms. The number of thiazole rings is 1. The molecule has 1 aromatic heterocycles. The van der Waals surface area contributed by atoms with Gasteiger partial charge in [-0.25, -0.2) is 4.98 Å². The number of nitrogens with zero attached hydrogens (tertiary/aromatic N) is 4. The zero-order chi connectivity index (χ0) is 18.9. The lowest BCUT2D eigenvalue weighted by atomic mass is 10.2. The van der Waals surface area contributed by atoms with E-state index < -0.39 is 5.76 Å². The van der Waals surface area contributed by atoms with Crippen LogP contribution in [0.25, 0.3) is 0 Å². The van der Waals surface area contributed by atoms with Gasteiger partial charge in [-0.15, -0.1) is 11.3 Å². The Kier molecular flexibility index (Phi) is 8.42. The van der Waals surface area contributed by atoms with Crippen LogP contribution in [0.15, 0.2) is 49.3 Å². The van der Waals surface area contributed by atoms with Crippen molar-refractivity contribution >= 4 is 46.5 Å². The molecule has 0 atom stereocenters. The Morgan fingerprint density at radius 3 is 2.88 bits per heavy atom. The third kappa shape index (κ3) is 5.73. The van der Waals surface area contributed by atoms with E-state index in [4.69, 9.17) is 5.73 Å². The average Bonchev–Trinajstić information content (AvgIpc) is 3.11. The zero-order valence-electron chi connectivity index (χ0n) is 13.8. The standard InChI is InChI=1S/C15H17F2N5OS3/c1-19-21-22(13(23)5-6-18)11-3-2-4-12(26-14(16)17)10(11)9-25-15-20-7-8-24-15/h2-4,7-8,14H,5-6,9,18H2,1H3. The predicted octanol–water partition coefficient (Wildman–Crippen LogP) is 4.43. The molecule has 11 heteroatoms. The number of hydrogen-bond acceptors (Lipinski definition) is 8. The summed E-state index contributed by atoms with van der Waals surface area (Å²) in [5.74, 6) is -2.56. The van der Waals surface area contributed by atoms with Gasteiger partial charge in [0.25, 0.3) is 5.76 Å². The number of benzene rings is 1. The molecule has 1 heterocycles. The quantitative estimate of drug-likeness (QED) is 0.371. The molecule has 1 amide bonds. The van der Waals surface area contributed by atoms with E-state index in [9.17, 15) is 13.6 Å². The number of nitrogens with two attached hydrogens (primary N) is 1. The highest BCUT2D eigenvalue weighted by Crippen LogP contribution is 2.38. The van der Waals surface area contributed by atoms with Crippen LogP contribution in [0.3, 0.4) is 0 Å². The first-order valence-electron chi connectivity index (χ1n) is 7.48. The van der Waals surface area contributed by atoms with Gasteiger partial charge < -0.3 is 5.73 Å². The van der Waals surface area contributed by atoms with Gasteiger partial charge >= 0.3 is 0 Å². The number of thioether (sulfide) groups is 2. The van der Waals surface area contributed by atoms with E-state index in [0.29, 0.717) is 33.7 Å². The van der Waals surface area contributed by atoms with Crippen LogP contribution in [0.2, 0.25) is 0 Å². The first kappa shape index (κ1) is 20.7. The van der Waals surface area contributed by atoms with E-state index in [1.165, 1.54) is 30.1 Å². The number of amides is 1. The Labute approximate surface area is 162 Å². The molecule has 0 unspecified atom stereocenters.